The maximum atomic E-state index is 10.7. The molecule has 120 valence electrons. The largest absolute Gasteiger partial charge is 0.353 e. The third-order valence-electron chi connectivity index (χ3n) is 2.53. The molecule has 0 heterocycles. The fourth-order valence-corrected chi connectivity index (χ4v) is 3.71. The van der Waals surface area contributed by atoms with Crippen LogP contribution in [0.3, 0.4) is 0 Å². The smallest absolute Gasteiger partial charge is 0.197 e. The second kappa shape index (κ2) is 9.78. The van der Waals surface area contributed by atoms with E-state index in [0.29, 0.717) is 25.8 Å². The monoisotopic (exact) mass is 339 g/mol. The lowest BCUT2D eigenvalue weighted by Crippen LogP contribution is -2.26. The van der Waals surface area contributed by atoms with Crippen molar-refractivity contribution in [2.45, 2.75) is 19.3 Å². The summed E-state index contributed by atoms with van der Waals surface area (Å²) < 4.78 is 0. The molecule has 0 amide bonds. The minimum Gasteiger partial charge on any atom is -0.353 e. The number of nitroso groups, excluding NO2 is 4. The molecule has 0 aliphatic rings. The third kappa shape index (κ3) is 8.72. The predicted octanol–water partition coefficient (Wildman–Crippen LogP) is 2.99. The first-order valence-electron chi connectivity index (χ1n) is 6.06. The topological polar surface area (TPSA) is 141 Å². The molecular formula is C9H19N5O5P2. The molecule has 0 aromatic carbocycles. The van der Waals surface area contributed by atoms with Gasteiger partial charge in [0.15, 0.2) is 14.5 Å². The average Bonchev–Trinajstić information content (AvgIpc) is 2.46. The first kappa shape index (κ1) is 19.9. The maximum Gasteiger partial charge on any atom is 0.197 e. The molecular weight excluding hydrogens is 320 g/mol. The van der Waals surface area contributed by atoms with Crippen molar-refractivity contribution in [3.05, 3.63) is 19.6 Å². The van der Waals surface area contributed by atoms with E-state index in [4.69, 9.17) is 0 Å². The van der Waals surface area contributed by atoms with Gasteiger partial charge < -0.3 is 4.89 Å². The summed E-state index contributed by atoms with van der Waals surface area (Å²) in [6, 6.07) is 0. The summed E-state index contributed by atoms with van der Waals surface area (Å²) in [7, 11) is -6.43. The van der Waals surface area contributed by atoms with Crippen LogP contribution in [-0.4, -0.2) is 48.1 Å². The first-order chi connectivity index (χ1) is 9.82. The normalized spacial score (nSPS) is 14.4. The number of hydrogen-bond donors (Lipinski definition) is 1. The van der Waals surface area contributed by atoms with Crippen LogP contribution >= 0.6 is 14.5 Å². The number of nitrogens with zero attached hydrogens (tertiary/aromatic N) is 5. The first-order valence-corrected chi connectivity index (χ1v) is 10.2. The zero-order valence-electron chi connectivity index (χ0n) is 11.6. The molecule has 10 nitrogen and oxygen atoms in total. The maximum absolute atomic E-state index is 10.7. The Morgan fingerprint density at radius 1 is 0.905 bits per heavy atom. The minimum atomic E-state index is -3.27. The van der Waals surface area contributed by atoms with E-state index in [-0.39, 0.29) is 19.1 Å². The molecule has 0 radical (unpaired) electrons. The Labute approximate surface area is 122 Å². The molecule has 0 aromatic rings. The number of rotatable bonds is 13. The Morgan fingerprint density at radius 3 is 2.00 bits per heavy atom. The summed E-state index contributed by atoms with van der Waals surface area (Å²) in [5.74, 6) is 0. The van der Waals surface area contributed by atoms with E-state index >= 15 is 0 Å². The Bertz CT molecular complexity index is 459. The highest BCUT2D eigenvalue weighted by Crippen LogP contribution is 2.50. The highest BCUT2D eigenvalue weighted by molar-refractivity contribution is 7.71. The molecule has 0 aliphatic carbocycles. The Kier molecular flexibility index (Phi) is 9.28. The summed E-state index contributed by atoms with van der Waals surface area (Å²) >= 11 is 0. The SMILES string of the molecule is C=P(O)(CN(CCCCCN=O)CP(=C)(N=O)N=O)N=O. The highest BCUT2D eigenvalue weighted by Gasteiger charge is 2.24. The molecule has 1 atom stereocenters. The van der Waals surface area contributed by atoms with Gasteiger partial charge in [0.1, 0.15) is 0 Å². The zero-order valence-corrected chi connectivity index (χ0v) is 13.4. The van der Waals surface area contributed by atoms with Crippen LogP contribution in [0.4, 0.5) is 0 Å². The lowest BCUT2D eigenvalue weighted by Gasteiger charge is -2.25. The molecule has 0 rings (SSSR count). The lowest BCUT2D eigenvalue weighted by molar-refractivity contribution is 0.349. The van der Waals surface area contributed by atoms with Crippen LogP contribution in [0.1, 0.15) is 19.3 Å². The minimum absolute atomic E-state index is 0.140. The fraction of sp³-hybridized carbons (Fsp3) is 0.778. The number of unbranched alkanes of at least 4 members (excludes halogenated alkanes) is 2. The van der Waals surface area contributed by atoms with E-state index in [2.05, 4.69) is 32.6 Å². The van der Waals surface area contributed by atoms with Crippen LogP contribution in [0.2, 0.25) is 0 Å². The zero-order chi connectivity index (χ0) is 16.4. The van der Waals surface area contributed by atoms with Crippen molar-refractivity contribution in [3.8, 4) is 0 Å². The van der Waals surface area contributed by atoms with E-state index in [1.807, 2.05) is 0 Å². The fourth-order valence-electron chi connectivity index (χ4n) is 1.61. The second-order valence-corrected chi connectivity index (χ2v) is 9.16. The van der Waals surface area contributed by atoms with Gasteiger partial charge in [0.2, 0.25) is 0 Å². The van der Waals surface area contributed by atoms with Crippen LogP contribution in [0.5, 0.6) is 0 Å². The molecule has 0 saturated carbocycles. The van der Waals surface area contributed by atoms with Gasteiger partial charge in [-0.15, -0.1) is 14.7 Å². The van der Waals surface area contributed by atoms with E-state index in [1.165, 1.54) is 4.90 Å². The van der Waals surface area contributed by atoms with E-state index < -0.39 is 14.5 Å². The summed E-state index contributed by atoms with van der Waals surface area (Å²) in [5.41, 5.74) is 0. The average molecular weight is 339 g/mol. The van der Waals surface area contributed by atoms with Crippen molar-refractivity contribution >= 4 is 27.0 Å². The molecule has 0 aromatic heterocycles. The molecule has 0 bridgehead atoms. The second-order valence-electron chi connectivity index (χ2n) is 4.59. The molecule has 0 fully saturated rings. The lowest BCUT2D eigenvalue weighted by atomic mass is 10.2. The van der Waals surface area contributed by atoms with Gasteiger partial charge in [0, 0.05) is 0 Å². The van der Waals surface area contributed by atoms with Crippen molar-refractivity contribution in [1.82, 2.24) is 4.90 Å². The molecule has 21 heavy (non-hydrogen) atoms. The highest BCUT2D eigenvalue weighted by atomic mass is 31.2. The third-order valence-corrected chi connectivity index (χ3v) is 5.15. The molecule has 1 N–H and O–H groups in total. The van der Waals surface area contributed by atoms with E-state index in [9.17, 15) is 24.5 Å². The van der Waals surface area contributed by atoms with Crippen molar-refractivity contribution in [3.63, 3.8) is 0 Å². The summed E-state index contributed by atoms with van der Waals surface area (Å²) in [5, 5.41) is 2.73. The predicted molar refractivity (Wildman–Crippen MR) is 88.6 cm³/mol. The van der Waals surface area contributed by atoms with Gasteiger partial charge in [0.25, 0.3) is 0 Å². The van der Waals surface area contributed by atoms with Crippen LogP contribution in [-0.2, 0) is 0 Å². The van der Waals surface area contributed by atoms with E-state index in [0.717, 1.165) is 0 Å². The standard InChI is InChI=1S/C9H19N5O5P2/c1-20(11-16,12-17)8-14(9-21(2,19)13-18)7-5-3-4-6-10-15/h19H,1-9H2. The molecule has 0 saturated heterocycles. The summed E-state index contributed by atoms with van der Waals surface area (Å²) in [6.07, 6.45) is 8.36. The Morgan fingerprint density at radius 2 is 1.52 bits per heavy atom. The van der Waals surface area contributed by atoms with Gasteiger partial charge in [0.05, 0.1) is 19.1 Å². The molecule has 0 spiro atoms. The Balaban J connectivity index is 4.69. The molecule has 0 aliphatic heterocycles. The van der Waals surface area contributed by atoms with Gasteiger partial charge in [-0.2, -0.15) is 4.91 Å². The Hall–Kier alpha value is -1.08. The van der Waals surface area contributed by atoms with Crippen molar-refractivity contribution < 1.29 is 4.89 Å². The van der Waals surface area contributed by atoms with Crippen molar-refractivity contribution in [2.75, 3.05) is 25.7 Å². The van der Waals surface area contributed by atoms with Crippen LogP contribution in [0.25, 0.3) is 0 Å². The summed E-state index contributed by atoms with van der Waals surface area (Å²) in [4.78, 5) is 60.9. The van der Waals surface area contributed by atoms with Gasteiger partial charge in [-0.1, -0.05) is 24.2 Å². The van der Waals surface area contributed by atoms with Gasteiger partial charge >= 0.3 is 0 Å². The molecule has 1 unspecified atom stereocenters. The van der Waals surface area contributed by atoms with Gasteiger partial charge in [-0.25, -0.2) is 0 Å². The van der Waals surface area contributed by atoms with Crippen molar-refractivity contribution in [2.24, 2.45) is 20.0 Å². The summed E-state index contributed by atoms with van der Waals surface area (Å²) in [6.45, 7) is 0.578. The number of hydrogen-bond acceptors (Lipinski definition) is 10. The van der Waals surface area contributed by atoms with Crippen LogP contribution in [0, 0.1) is 19.6 Å². The molecule has 12 heteroatoms. The van der Waals surface area contributed by atoms with Crippen molar-refractivity contribution in [1.29, 1.82) is 0 Å². The quantitative estimate of drug-likeness (QED) is 0.310. The van der Waals surface area contributed by atoms with Gasteiger partial charge in [-0.3, -0.25) is 4.90 Å². The van der Waals surface area contributed by atoms with Crippen LogP contribution in [0.15, 0.2) is 20.0 Å². The van der Waals surface area contributed by atoms with E-state index in [1.54, 1.807) is 0 Å². The van der Waals surface area contributed by atoms with Crippen LogP contribution < -0.4 is 0 Å². The van der Waals surface area contributed by atoms with Gasteiger partial charge in [-0.05, 0) is 34.2 Å².